The number of phosphoric acid groups is 1. The predicted octanol–water partition coefficient (Wildman–Crippen LogP) is 22.8. The number of allylic oxidation sites excluding steroid dienone is 21. The third-order valence-electron chi connectivity index (χ3n) is 15.1. The van der Waals surface area contributed by atoms with Gasteiger partial charge in [-0.15, -0.1) is 0 Å². The number of hydrogen-bond donors (Lipinski definition) is 2. The molecule has 10 heteroatoms. The van der Waals surface area contributed by atoms with E-state index in [1.54, 1.807) is 0 Å². The Hall–Kier alpha value is -3.85. The highest BCUT2D eigenvalue weighted by molar-refractivity contribution is 7.47. The number of esters is 1. The summed E-state index contributed by atoms with van der Waals surface area (Å²) in [5.41, 5.74) is 0. The minimum absolute atomic E-state index is 0.0244. The molecule has 0 aliphatic rings. The van der Waals surface area contributed by atoms with Gasteiger partial charge in [-0.2, -0.15) is 0 Å². The smallest absolute Gasteiger partial charge is 0.456 e. The Bertz CT molecular complexity index is 1950. The van der Waals surface area contributed by atoms with Crippen molar-refractivity contribution in [1.82, 2.24) is 5.32 Å². The molecule has 3 unspecified atom stereocenters. The first-order valence-corrected chi connectivity index (χ1v) is 37.0. The number of carbonyl (C=O) groups excluding carboxylic acids is 2. The van der Waals surface area contributed by atoms with Gasteiger partial charge in [0, 0.05) is 12.8 Å². The molecular weight excluding hydrogens is 1100 g/mol. The molecule has 1 amide bonds. The second-order valence-corrected chi connectivity index (χ2v) is 26.1. The number of rotatable bonds is 63. The van der Waals surface area contributed by atoms with Crippen LogP contribution in [-0.2, 0) is 27.9 Å². The summed E-state index contributed by atoms with van der Waals surface area (Å²) in [7, 11) is 1.45. The number of hydrogen-bond acceptors (Lipinski definition) is 6. The molecule has 0 aliphatic carbocycles. The number of quaternary nitrogens is 1. The number of carbonyl (C=O) groups is 2. The van der Waals surface area contributed by atoms with Gasteiger partial charge in [-0.3, -0.25) is 18.6 Å². The second-order valence-electron chi connectivity index (χ2n) is 24.7. The predicted molar refractivity (Wildman–Crippen MR) is 378 cm³/mol. The molecular formula is C77H134N2O7P+. The number of nitrogens with zero attached hydrogens (tertiary/aromatic N) is 1. The van der Waals surface area contributed by atoms with E-state index in [0.717, 1.165) is 116 Å². The van der Waals surface area contributed by atoms with Gasteiger partial charge in [-0.1, -0.05) is 283 Å². The largest absolute Gasteiger partial charge is 0.472 e. The summed E-state index contributed by atoms with van der Waals surface area (Å²) in [5.74, 6) is -0.563. The Labute approximate surface area is 536 Å². The van der Waals surface area contributed by atoms with Crippen LogP contribution in [0.2, 0.25) is 0 Å². The molecule has 87 heavy (non-hydrogen) atoms. The van der Waals surface area contributed by atoms with Crippen LogP contribution >= 0.6 is 7.82 Å². The van der Waals surface area contributed by atoms with Crippen LogP contribution in [0.15, 0.2) is 134 Å². The van der Waals surface area contributed by atoms with Crippen molar-refractivity contribution in [2.75, 3.05) is 40.9 Å². The number of nitrogens with one attached hydrogen (secondary N) is 1. The van der Waals surface area contributed by atoms with Crippen molar-refractivity contribution in [2.45, 2.75) is 303 Å². The van der Waals surface area contributed by atoms with Crippen molar-refractivity contribution >= 4 is 19.7 Å². The summed E-state index contributed by atoms with van der Waals surface area (Å²) >= 11 is 0. The highest BCUT2D eigenvalue weighted by Gasteiger charge is 2.30. The standard InChI is InChI=1S/C77H133N2O7P/c1-7-10-13-16-19-22-25-28-30-32-34-36-37-38-39-40-41-43-45-47-49-52-55-58-61-64-67-70-77(81)86-75(68-65-62-59-56-53-50-27-24-21-18-15-12-9-3)74(73-85-87(82,83)84-72-71-79(4,5)6)78-76(80)69-66-63-60-57-54-51-48-46-44-42-35-33-31-29-26-23-20-17-14-11-8-2/h11,14,19-20,22-23,28-31,34-36,38-39,42,46,48,54,57,65,68,74-75H,7-10,12-13,15-18,21,24-27,32-33,37,40-41,43-45,47,49-53,55-56,58-64,66-67,69-73H2,1-6H3,(H-,78,80,82,83)/p+1/b14-11-,22-19-,23-20-,30-28-,31-29-,36-34-,39-38-,42-35-,48-46-,57-54-,68-65-. The zero-order valence-corrected chi connectivity index (χ0v) is 57.9. The van der Waals surface area contributed by atoms with Crippen molar-refractivity contribution in [3.63, 3.8) is 0 Å². The van der Waals surface area contributed by atoms with Crippen LogP contribution in [0.25, 0.3) is 0 Å². The molecule has 0 aromatic carbocycles. The lowest BCUT2D eigenvalue weighted by Gasteiger charge is -2.27. The Balaban J connectivity index is 5.19. The highest BCUT2D eigenvalue weighted by Crippen LogP contribution is 2.43. The zero-order valence-electron chi connectivity index (χ0n) is 57.0. The van der Waals surface area contributed by atoms with Gasteiger partial charge >= 0.3 is 13.8 Å². The Kier molecular flexibility index (Phi) is 62.2. The third-order valence-corrected chi connectivity index (χ3v) is 16.1. The quantitative estimate of drug-likeness (QED) is 0.0205. The summed E-state index contributed by atoms with van der Waals surface area (Å²) in [6.07, 6.45) is 93.2. The SMILES string of the molecule is CC/C=C\C/C=C\C/C=C\C/C=C\C/C=C\C/C=C\CCCCC(=O)NC(COP(=O)(O)OCC[N+](C)(C)C)C(/C=C\CCCCCCCCCCCCC)OC(=O)CCCCCCCCCCCCC/C=C\C/C=C\C/C=C\C/C=C\CCCCC. The maximum absolute atomic E-state index is 13.6. The van der Waals surface area contributed by atoms with Crippen molar-refractivity contribution in [2.24, 2.45) is 0 Å². The second kappa shape index (κ2) is 65.1. The van der Waals surface area contributed by atoms with Gasteiger partial charge in [0.15, 0.2) is 0 Å². The van der Waals surface area contributed by atoms with E-state index < -0.39 is 20.0 Å². The molecule has 0 saturated heterocycles. The van der Waals surface area contributed by atoms with E-state index in [9.17, 15) is 19.0 Å². The maximum atomic E-state index is 13.6. The van der Waals surface area contributed by atoms with E-state index in [0.29, 0.717) is 17.4 Å². The van der Waals surface area contributed by atoms with E-state index >= 15 is 0 Å². The van der Waals surface area contributed by atoms with Crippen LogP contribution in [0.3, 0.4) is 0 Å². The number of ether oxygens (including phenoxy) is 1. The third kappa shape index (κ3) is 66.4. The Morgan fingerprint density at radius 1 is 0.414 bits per heavy atom. The lowest BCUT2D eigenvalue weighted by molar-refractivity contribution is -0.870. The molecule has 0 rings (SSSR count). The zero-order chi connectivity index (χ0) is 63.5. The van der Waals surface area contributed by atoms with Gasteiger partial charge in [-0.25, -0.2) is 4.57 Å². The maximum Gasteiger partial charge on any atom is 0.472 e. The molecule has 0 saturated carbocycles. The molecule has 0 aromatic rings. The molecule has 498 valence electrons. The normalized spacial score (nSPS) is 14.3. The number of phosphoric ester groups is 1. The van der Waals surface area contributed by atoms with Crippen molar-refractivity contribution in [3.05, 3.63) is 134 Å². The van der Waals surface area contributed by atoms with Crippen LogP contribution in [0, 0.1) is 0 Å². The highest BCUT2D eigenvalue weighted by atomic mass is 31.2. The van der Waals surface area contributed by atoms with Crippen LogP contribution in [0.1, 0.15) is 290 Å². The van der Waals surface area contributed by atoms with Crippen LogP contribution in [0.4, 0.5) is 0 Å². The average Bonchev–Trinajstić information content (AvgIpc) is 3.69. The number of amides is 1. The summed E-state index contributed by atoms with van der Waals surface area (Å²) in [4.78, 5) is 37.9. The molecule has 2 N–H and O–H groups in total. The van der Waals surface area contributed by atoms with Crippen molar-refractivity contribution < 1.29 is 37.3 Å². The molecule has 0 radical (unpaired) electrons. The van der Waals surface area contributed by atoms with Crippen LogP contribution in [-0.4, -0.2) is 74.3 Å². The Morgan fingerprint density at radius 2 is 0.736 bits per heavy atom. The van der Waals surface area contributed by atoms with Crippen molar-refractivity contribution in [1.29, 1.82) is 0 Å². The Morgan fingerprint density at radius 3 is 1.14 bits per heavy atom. The molecule has 9 nitrogen and oxygen atoms in total. The molecule has 0 heterocycles. The lowest BCUT2D eigenvalue weighted by Crippen LogP contribution is -2.47. The van der Waals surface area contributed by atoms with E-state index in [1.807, 2.05) is 33.3 Å². The van der Waals surface area contributed by atoms with Gasteiger partial charge in [0.1, 0.15) is 19.3 Å². The van der Waals surface area contributed by atoms with Gasteiger partial charge in [-0.05, 0) is 128 Å². The van der Waals surface area contributed by atoms with Gasteiger partial charge in [0.25, 0.3) is 0 Å². The van der Waals surface area contributed by atoms with E-state index in [-0.39, 0.29) is 37.9 Å². The fourth-order valence-corrected chi connectivity index (χ4v) is 10.4. The minimum Gasteiger partial charge on any atom is -0.456 e. The molecule has 0 spiro atoms. The first-order chi connectivity index (χ1) is 42.4. The summed E-state index contributed by atoms with van der Waals surface area (Å²) in [6, 6.07) is -0.883. The van der Waals surface area contributed by atoms with E-state index in [1.165, 1.54) is 135 Å². The van der Waals surface area contributed by atoms with Gasteiger partial charge in [0.2, 0.25) is 5.91 Å². The monoisotopic (exact) mass is 1230 g/mol. The molecule has 0 aromatic heterocycles. The van der Waals surface area contributed by atoms with Gasteiger partial charge in [0.05, 0.1) is 33.8 Å². The molecule has 0 fully saturated rings. The van der Waals surface area contributed by atoms with E-state index in [4.69, 9.17) is 13.8 Å². The molecule has 3 atom stereocenters. The molecule has 0 bridgehead atoms. The topological polar surface area (TPSA) is 111 Å². The summed E-state index contributed by atoms with van der Waals surface area (Å²) in [6.45, 7) is 6.84. The van der Waals surface area contributed by atoms with Gasteiger partial charge < -0.3 is 19.4 Å². The summed E-state index contributed by atoms with van der Waals surface area (Å²) < 4.78 is 30.8. The van der Waals surface area contributed by atoms with Crippen molar-refractivity contribution in [3.8, 4) is 0 Å². The minimum atomic E-state index is -4.48. The molecule has 0 aliphatic heterocycles. The van der Waals surface area contributed by atoms with Crippen LogP contribution < -0.4 is 5.32 Å². The van der Waals surface area contributed by atoms with E-state index in [2.05, 4.69) is 148 Å². The fourth-order valence-electron chi connectivity index (χ4n) is 9.63. The fraction of sp³-hybridized carbons (Fsp3) is 0.688. The summed E-state index contributed by atoms with van der Waals surface area (Å²) in [5, 5.41) is 3.04. The average molecular weight is 1230 g/mol. The first kappa shape index (κ1) is 83.2. The number of unbranched alkanes of at least 4 members (excludes halogenated alkanes) is 27. The first-order valence-electron chi connectivity index (χ1n) is 35.5. The van der Waals surface area contributed by atoms with Crippen LogP contribution in [0.5, 0.6) is 0 Å². The number of likely N-dealkylation sites (N-methyl/N-ethyl adjacent to an activating group) is 1. The lowest BCUT2D eigenvalue weighted by atomic mass is 10.0.